The van der Waals surface area contributed by atoms with Gasteiger partial charge in [-0.05, 0) is 78.6 Å². The minimum atomic E-state index is -1.23. The second-order valence-electron chi connectivity index (χ2n) is 9.40. The first-order valence-electron chi connectivity index (χ1n) is 12.0. The van der Waals surface area contributed by atoms with E-state index < -0.39 is 16.2 Å². The molecule has 0 saturated heterocycles. The average Bonchev–Trinajstić information content (AvgIpc) is 3.06. The number of methoxy groups -OCH3 is 1. The molecule has 0 saturated carbocycles. The highest BCUT2D eigenvalue weighted by Gasteiger charge is 2.38. The van der Waals surface area contributed by atoms with E-state index in [0.29, 0.717) is 39.4 Å². The number of nitro benzene ring substituents is 1. The number of amides is 2. The largest absolute Gasteiger partial charge is 0.490 e. The van der Waals surface area contributed by atoms with Gasteiger partial charge in [0.05, 0.1) is 40.4 Å². The van der Waals surface area contributed by atoms with Crippen molar-refractivity contribution in [1.29, 1.82) is 0 Å². The lowest BCUT2D eigenvalue weighted by Gasteiger charge is -2.28. The fraction of sp³-hybridized carbons (Fsp3) is 0.138. The highest BCUT2D eigenvalue weighted by molar-refractivity contribution is 6.12. The van der Waals surface area contributed by atoms with E-state index in [1.165, 1.54) is 13.2 Å². The molecule has 4 N–H and O–H groups in total. The summed E-state index contributed by atoms with van der Waals surface area (Å²) < 4.78 is 5.20. The zero-order valence-electron chi connectivity index (χ0n) is 21.4. The summed E-state index contributed by atoms with van der Waals surface area (Å²) in [7, 11) is 1.37. The molecule has 2 amide bonds. The van der Waals surface area contributed by atoms with E-state index in [-0.39, 0.29) is 17.3 Å². The summed E-state index contributed by atoms with van der Waals surface area (Å²) in [5.74, 6) is -0.767. The summed E-state index contributed by atoms with van der Waals surface area (Å²) in [5, 5.41) is 17.5. The third-order valence-electron chi connectivity index (χ3n) is 7.06. The van der Waals surface area contributed by atoms with Gasteiger partial charge >= 0.3 is 5.69 Å². The minimum Gasteiger partial charge on any atom is -0.490 e. The minimum absolute atomic E-state index is 0.136. The van der Waals surface area contributed by atoms with Crippen LogP contribution in [0.4, 0.5) is 22.7 Å². The maximum absolute atomic E-state index is 13.2. The van der Waals surface area contributed by atoms with Crippen LogP contribution in [-0.2, 0) is 10.2 Å². The molecule has 1 aliphatic rings. The molecule has 39 heavy (non-hydrogen) atoms. The third-order valence-corrected chi connectivity index (χ3v) is 7.06. The predicted octanol–water partition coefficient (Wildman–Crippen LogP) is 5.07. The molecular formula is C29H25N5O5. The first-order valence-corrected chi connectivity index (χ1v) is 12.0. The van der Waals surface area contributed by atoms with Gasteiger partial charge in [-0.15, -0.1) is 0 Å². The third kappa shape index (κ3) is 4.31. The standard InChI is InChI=1S/C29H25N5O5/c1-16-5-4-12-31-26(16)29(2,28(30)36)19-8-10-21-23(15-19)33-27(35)20-9-6-17(13-22(20)32-21)18-7-11-24(34(37)38)25(14-18)39-3/h4-15,32H,1-3H3,(H2,30,36)(H,33,35). The van der Waals surface area contributed by atoms with Crippen LogP contribution < -0.4 is 21.1 Å². The molecule has 1 atom stereocenters. The quantitative estimate of drug-likeness (QED) is 0.236. The van der Waals surface area contributed by atoms with Gasteiger partial charge in [0.1, 0.15) is 5.41 Å². The zero-order valence-corrected chi connectivity index (χ0v) is 21.4. The van der Waals surface area contributed by atoms with Gasteiger partial charge < -0.3 is 21.1 Å². The van der Waals surface area contributed by atoms with Crippen LogP contribution in [-0.4, -0.2) is 28.8 Å². The van der Waals surface area contributed by atoms with Crippen LogP contribution in [0.1, 0.15) is 34.1 Å². The van der Waals surface area contributed by atoms with Gasteiger partial charge in [-0.25, -0.2) is 0 Å². The topological polar surface area (TPSA) is 149 Å². The SMILES string of the molecule is COc1cc(-c2ccc3c(c2)Nc2ccc(C(C)(C(N)=O)c4ncccc4C)cc2NC3=O)ccc1[N+](=O)[O-]. The number of aryl methyl sites for hydroxylation is 1. The molecule has 10 nitrogen and oxygen atoms in total. The number of fused-ring (bicyclic) bond motifs is 2. The number of hydrogen-bond donors (Lipinski definition) is 3. The van der Waals surface area contributed by atoms with Gasteiger partial charge in [0.25, 0.3) is 5.91 Å². The highest BCUT2D eigenvalue weighted by Crippen LogP contribution is 2.40. The second-order valence-corrected chi connectivity index (χ2v) is 9.40. The number of benzene rings is 3. The number of nitro groups is 1. The summed E-state index contributed by atoms with van der Waals surface area (Å²) in [6.07, 6.45) is 1.62. The van der Waals surface area contributed by atoms with Crippen molar-refractivity contribution >= 4 is 34.6 Å². The molecule has 2 heterocycles. The van der Waals surface area contributed by atoms with Gasteiger partial charge in [-0.2, -0.15) is 0 Å². The van der Waals surface area contributed by atoms with Gasteiger partial charge in [-0.3, -0.25) is 24.7 Å². The van der Waals surface area contributed by atoms with Crippen LogP contribution in [0.5, 0.6) is 5.75 Å². The number of primary amides is 1. The van der Waals surface area contributed by atoms with Crippen LogP contribution in [0.25, 0.3) is 11.1 Å². The Hall–Kier alpha value is -5.25. The van der Waals surface area contributed by atoms with Crippen LogP contribution in [0.3, 0.4) is 0 Å². The molecule has 0 bridgehead atoms. The fourth-order valence-electron chi connectivity index (χ4n) is 4.84. The number of ether oxygens (including phenoxy) is 1. The fourth-order valence-corrected chi connectivity index (χ4v) is 4.84. The van der Waals surface area contributed by atoms with E-state index in [1.54, 1.807) is 67.7 Å². The average molecular weight is 524 g/mol. The number of nitrogens with two attached hydrogens (primary N) is 1. The predicted molar refractivity (Wildman–Crippen MR) is 147 cm³/mol. The Labute approximate surface area is 224 Å². The van der Waals surface area contributed by atoms with Crippen molar-refractivity contribution in [3.63, 3.8) is 0 Å². The molecule has 1 aromatic heterocycles. The molecular weight excluding hydrogens is 498 g/mol. The molecule has 10 heteroatoms. The molecule has 0 fully saturated rings. The van der Waals surface area contributed by atoms with Crippen LogP contribution in [0.2, 0.25) is 0 Å². The lowest BCUT2D eigenvalue weighted by atomic mass is 9.76. The number of carbonyl (C=O) groups is 2. The van der Waals surface area contributed by atoms with E-state index >= 15 is 0 Å². The van der Waals surface area contributed by atoms with Crippen molar-refractivity contribution in [1.82, 2.24) is 4.98 Å². The van der Waals surface area contributed by atoms with Crippen molar-refractivity contribution in [2.24, 2.45) is 5.73 Å². The maximum Gasteiger partial charge on any atom is 0.310 e. The number of pyridine rings is 1. The molecule has 1 unspecified atom stereocenters. The number of carbonyl (C=O) groups excluding carboxylic acids is 2. The lowest BCUT2D eigenvalue weighted by Crippen LogP contribution is -2.41. The number of nitrogens with zero attached hydrogens (tertiary/aromatic N) is 2. The van der Waals surface area contributed by atoms with Crippen molar-refractivity contribution in [2.45, 2.75) is 19.3 Å². The summed E-state index contributed by atoms with van der Waals surface area (Å²) in [4.78, 5) is 41.2. The lowest BCUT2D eigenvalue weighted by molar-refractivity contribution is -0.385. The van der Waals surface area contributed by atoms with Gasteiger partial charge in [0.15, 0.2) is 5.75 Å². The van der Waals surface area contributed by atoms with Gasteiger partial charge in [0.2, 0.25) is 5.91 Å². The molecule has 3 aromatic carbocycles. The normalized spacial score (nSPS) is 13.6. The van der Waals surface area contributed by atoms with Crippen molar-refractivity contribution in [2.75, 3.05) is 17.7 Å². The van der Waals surface area contributed by atoms with Gasteiger partial charge in [0, 0.05) is 12.3 Å². The van der Waals surface area contributed by atoms with Crippen LogP contribution in [0.15, 0.2) is 72.9 Å². The number of hydrogen-bond acceptors (Lipinski definition) is 7. The first kappa shape index (κ1) is 25.4. The summed E-state index contributed by atoms with van der Waals surface area (Å²) in [5.41, 5.74) is 9.94. The number of nitrogens with one attached hydrogen (secondary N) is 2. The van der Waals surface area contributed by atoms with Gasteiger partial charge in [-0.1, -0.05) is 18.2 Å². The monoisotopic (exact) mass is 523 g/mol. The molecule has 1 aliphatic heterocycles. The molecule has 0 aliphatic carbocycles. The van der Waals surface area contributed by atoms with Crippen molar-refractivity contribution in [3.8, 4) is 16.9 Å². The number of anilines is 3. The number of rotatable bonds is 6. The van der Waals surface area contributed by atoms with E-state index in [4.69, 9.17) is 10.5 Å². The Morgan fingerprint density at radius 3 is 2.44 bits per heavy atom. The highest BCUT2D eigenvalue weighted by atomic mass is 16.6. The Morgan fingerprint density at radius 2 is 1.74 bits per heavy atom. The van der Waals surface area contributed by atoms with E-state index in [0.717, 1.165) is 11.1 Å². The first-order chi connectivity index (χ1) is 18.6. The summed E-state index contributed by atoms with van der Waals surface area (Å²) in [6.45, 7) is 3.59. The Balaban J connectivity index is 1.55. The summed E-state index contributed by atoms with van der Waals surface area (Å²) in [6, 6.07) is 18.8. The van der Waals surface area contributed by atoms with Crippen molar-refractivity contribution < 1.29 is 19.2 Å². The smallest absolute Gasteiger partial charge is 0.310 e. The van der Waals surface area contributed by atoms with Crippen LogP contribution >= 0.6 is 0 Å². The maximum atomic E-state index is 13.2. The van der Waals surface area contributed by atoms with Crippen molar-refractivity contribution in [3.05, 3.63) is 105 Å². The molecule has 0 spiro atoms. The molecule has 196 valence electrons. The van der Waals surface area contributed by atoms with E-state index in [9.17, 15) is 19.7 Å². The Kier molecular flexibility index (Phi) is 6.23. The Morgan fingerprint density at radius 1 is 1.00 bits per heavy atom. The summed E-state index contributed by atoms with van der Waals surface area (Å²) >= 11 is 0. The molecule has 5 rings (SSSR count). The number of aromatic nitrogens is 1. The molecule has 0 radical (unpaired) electrons. The Bertz CT molecular complexity index is 1670. The van der Waals surface area contributed by atoms with E-state index in [1.807, 2.05) is 13.0 Å². The van der Waals surface area contributed by atoms with Crippen LogP contribution in [0, 0.1) is 17.0 Å². The van der Waals surface area contributed by atoms with E-state index in [2.05, 4.69) is 15.6 Å². The second kappa shape index (κ2) is 9.56. The zero-order chi connectivity index (χ0) is 27.9. The molecule has 4 aromatic rings.